The van der Waals surface area contributed by atoms with Crippen LogP contribution in [0.1, 0.15) is 41.7 Å². The van der Waals surface area contributed by atoms with E-state index in [2.05, 4.69) is 6.92 Å². The van der Waals surface area contributed by atoms with Gasteiger partial charge in [0.1, 0.15) is 6.10 Å². The van der Waals surface area contributed by atoms with Gasteiger partial charge in [0.15, 0.2) is 23.3 Å². The molecule has 1 aliphatic rings. The summed E-state index contributed by atoms with van der Waals surface area (Å²) in [5.74, 6) is -3.62. The second kappa shape index (κ2) is 10.1. The molecule has 5 heteroatoms. The molecule has 4 aromatic rings. The molecular weight excluding hydrogens is 464 g/mol. The van der Waals surface area contributed by atoms with E-state index in [-0.39, 0.29) is 28.4 Å². The maximum atomic E-state index is 14.8. The zero-order valence-electron chi connectivity index (χ0n) is 19.7. The van der Waals surface area contributed by atoms with Gasteiger partial charge in [0.25, 0.3) is 0 Å². The zero-order chi connectivity index (χ0) is 25.2. The fourth-order valence-corrected chi connectivity index (χ4v) is 4.28. The van der Waals surface area contributed by atoms with E-state index >= 15 is 0 Å². The van der Waals surface area contributed by atoms with Crippen LogP contribution in [0, 0.1) is 23.3 Å². The summed E-state index contributed by atoms with van der Waals surface area (Å²) in [6, 6.07) is 20.4. The van der Waals surface area contributed by atoms with E-state index in [0.717, 1.165) is 18.4 Å². The number of rotatable bonds is 7. The molecule has 0 bridgehead atoms. The summed E-state index contributed by atoms with van der Waals surface area (Å²) in [7, 11) is 0. The van der Waals surface area contributed by atoms with Crippen LogP contribution in [0.15, 0.2) is 72.8 Å². The first kappa shape index (κ1) is 24.0. The average molecular weight is 489 g/mol. The molecule has 4 aromatic carbocycles. The summed E-state index contributed by atoms with van der Waals surface area (Å²) < 4.78 is 63.6. The van der Waals surface area contributed by atoms with Crippen LogP contribution >= 0.6 is 0 Å². The van der Waals surface area contributed by atoms with Crippen molar-refractivity contribution in [1.29, 1.82) is 0 Å². The number of benzene rings is 4. The third kappa shape index (κ3) is 4.84. The normalized spacial score (nSPS) is 15.0. The molecule has 1 atom stereocenters. The highest BCUT2D eigenvalue weighted by Crippen LogP contribution is 2.36. The Kier molecular flexibility index (Phi) is 6.75. The first-order chi connectivity index (χ1) is 17.5. The molecule has 1 nitrogen and oxygen atoms in total. The van der Waals surface area contributed by atoms with Crippen molar-refractivity contribution >= 4 is 12.2 Å². The third-order valence-corrected chi connectivity index (χ3v) is 6.39. The van der Waals surface area contributed by atoms with Gasteiger partial charge in [0.2, 0.25) is 0 Å². The van der Waals surface area contributed by atoms with Gasteiger partial charge in [0.05, 0.1) is 6.61 Å². The minimum atomic E-state index is -0.921. The number of hydrogen-bond donors (Lipinski definition) is 0. The monoisotopic (exact) mass is 488 g/mol. The third-order valence-electron chi connectivity index (χ3n) is 6.39. The number of hydrogen-bond acceptors (Lipinski definition) is 1. The van der Waals surface area contributed by atoms with Gasteiger partial charge < -0.3 is 4.74 Å². The number of halogens is 4. The molecule has 36 heavy (non-hydrogen) atoms. The Bertz CT molecular complexity index is 1420. The molecular formula is C31H24F4O. The second-order valence-corrected chi connectivity index (χ2v) is 8.88. The summed E-state index contributed by atoms with van der Waals surface area (Å²) in [6.45, 7) is 2.49. The van der Waals surface area contributed by atoms with E-state index < -0.39 is 23.3 Å². The zero-order valence-corrected chi connectivity index (χ0v) is 19.7. The second-order valence-electron chi connectivity index (χ2n) is 8.88. The summed E-state index contributed by atoms with van der Waals surface area (Å²) >= 11 is 0. The van der Waals surface area contributed by atoms with Crippen molar-refractivity contribution in [2.75, 3.05) is 6.61 Å². The van der Waals surface area contributed by atoms with E-state index in [1.54, 1.807) is 48.5 Å². The Labute approximate surface area is 207 Å². The van der Waals surface area contributed by atoms with Crippen LogP contribution in [0.4, 0.5) is 17.6 Å². The van der Waals surface area contributed by atoms with E-state index in [0.29, 0.717) is 23.3 Å². The molecule has 0 radical (unpaired) electrons. The molecule has 0 N–H and O–H groups in total. The van der Waals surface area contributed by atoms with Crippen LogP contribution in [-0.2, 0) is 11.2 Å². The van der Waals surface area contributed by atoms with Crippen LogP contribution in [0.3, 0.4) is 0 Å². The van der Waals surface area contributed by atoms with E-state index in [4.69, 9.17) is 4.74 Å². The average Bonchev–Trinajstić information content (AvgIpc) is 3.73. The standard InChI is InChI=1S/C31H24F4O/c1-2-3-19-4-9-21(10-5-19)24-15-14-23(28(32)29(24)33)13-8-20-6-11-22(12-7-20)25-16-17-26(27-18-36-27)31(35)30(25)34/h4-17,27H,2-3,18H2,1H3/b13-8+. The molecule has 0 saturated carbocycles. The van der Waals surface area contributed by atoms with E-state index in [1.165, 1.54) is 12.1 Å². The maximum Gasteiger partial charge on any atom is 0.167 e. The lowest BCUT2D eigenvalue weighted by atomic mass is 9.99. The number of ether oxygens (including phenoxy) is 1. The van der Waals surface area contributed by atoms with Crippen LogP contribution in [-0.4, -0.2) is 6.61 Å². The molecule has 1 saturated heterocycles. The quantitative estimate of drug-likeness (QED) is 0.144. The highest BCUT2D eigenvalue weighted by Gasteiger charge is 2.30. The smallest absolute Gasteiger partial charge is 0.167 e. The molecule has 0 aliphatic carbocycles. The van der Waals surface area contributed by atoms with Crippen molar-refractivity contribution in [3.63, 3.8) is 0 Å². The van der Waals surface area contributed by atoms with E-state index in [9.17, 15) is 17.6 Å². The van der Waals surface area contributed by atoms with Crippen molar-refractivity contribution in [1.82, 2.24) is 0 Å². The Morgan fingerprint density at radius 1 is 0.694 bits per heavy atom. The number of epoxide rings is 1. The summed E-state index contributed by atoms with van der Waals surface area (Å²) in [4.78, 5) is 0. The van der Waals surface area contributed by atoms with Crippen LogP contribution in [0.25, 0.3) is 34.4 Å². The predicted octanol–water partition coefficient (Wildman–Crippen LogP) is 8.77. The maximum absolute atomic E-state index is 14.8. The topological polar surface area (TPSA) is 12.5 Å². The molecule has 0 spiro atoms. The van der Waals surface area contributed by atoms with Gasteiger partial charge in [-0.1, -0.05) is 98.3 Å². The highest BCUT2D eigenvalue weighted by molar-refractivity contribution is 5.74. The van der Waals surface area contributed by atoms with E-state index in [1.807, 2.05) is 24.3 Å². The Morgan fingerprint density at radius 3 is 1.89 bits per heavy atom. The van der Waals surface area contributed by atoms with Gasteiger partial charge in [-0.3, -0.25) is 0 Å². The van der Waals surface area contributed by atoms with Crippen molar-refractivity contribution in [2.45, 2.75) is 25.9 Å². The summed E-state index contributed by atoms with van der Waals surface area (Å²) in [6.07, 6.45) is 4.73. The van der Waals surface area contributed by atoms with Gasteiger partial charge in [-0.25, -0.2) is 17.6 Å². The van der Waals surface area contributed by atoms with Crippen LogP contribution in [0.5, 0.6) is 0 Å². The summed E-state index contributed by atoms with van der Waals surface area (Å²) in [5, 5.41) is 0. The molecule has 5 rings (SSSR count). The van der Waals surface area contributed by atoms with Crippen molar-refractivity contribution in [2.24, 2.45) is 0 Å². The van der Waals surface area contributed by atoms with Gasteiger partial charge >= 0.3 is 0 Å². The molecule has 1 aliphatic heterocycles. The van der Waals surface area contributed by atoms with Crippen molar-refractivity contribution < 1.29 is 22.3 Å². The van der Waals surface area contributed by atoms with Gasteiger partial charge in [0, 0.05) is 22.3 Å². The predicted molar refractivity (Wildman–Crippen MR) is 135 cm³/mol. The van der Waals surface area contributed by atoms with Crippen molar-refractivity contribution in [3.8, 4) is 22.3 Å². The summed E-state index contributed by atoms with van der Waals surface area (Å²) in [5.41, 5.74) is 3.71. The lowest BCUT2D eigenvalue weighted by Gasteiger charge is -2.08. The largest absolute Gasteiger partial charge is 0.368 e. The molecule has 182 valence electrons. The fourth-order valence-electron chi connectivity index (χ4n) is 4.28. The first-order valence-corrected chi connectivity index (χ1v) is 11.9. The fraction of sp³-hybridized carbons (Fsp3) is 0.161. The minimum absolute atomic E-state index is 0.119. The first-order valence-electron chi connectivity index (χ1n) is 11.9. The molecule has 0 amide bonds. The Balaban J connectivity index is 1.34. The van der Waals surface area contributed by atoms with Gasteiger partial charge in [-0.15, -0.1) is 0 Å². The molecule has 1 unspecified atom stereocenters. The molecule has 1 fully saturated rings. The molecule has 1 heterocycles. The Morgan fingerprint density at radius 2 is 1.28 bits per heavy atom. The number of aryl methyl sites for hydroxylation is 1. The van der Waals surface area contributed by atoms with Crippen molar-refractivity contribution in [3.05, 3.63) is 118 Å². The van der Waals surface area contributed by atoms with Crippen LogP contribution in [0.2, 0.25) is 0 Å². The lowest BCUT2D eigenvalue weighted by Crippen LogP contribution is -1.96. The minimum Gasteiger partial charge on any atom is -0.368 e. The lowest BCUT2D eigenvalue weighted by molar-refractivity contribution is 0.401. The van der Waals surface area contributed by atoms with Gasteiger partial charge in [-0.05, 0) is 28.7 Å². The Hall–Kier alpha value is -3.70. The molecule has 0 aromatic heterocycles. The SMILES string of the molecule is CCCc1ccc(-c2ccc(/C=C/c3ccc(-c4ccc(C5CO5)c(F)c4F)cc3)c(F)c2F)cc1. The highest BCUT2D eigenvalue weighted by atomic mass is 19.2. The van der Waals surface area contributed by atoms with Crippen LogP contribution < -0.4 is 0 Å². The van der Waals surface area contributed by atoms with Gasteiger partial charge in [-0.2, -0.15) is 0 Å².